The summed E-state index contributed by atoms with van der Waals surface area (Å²) in [7, 11) is 0. The first kappa shape index (κ1) is 27.5. The molecule has 0 spiro atoms. The number of carbonyl (C=O) groups is 1. The number of aromatic nitrogens is 3. The van der Waals surface area contributed by atoms with Crippen LogP contribution in [0.15, 0.2) is 54.7 Å². The van der Waals surface area contributed by atoms with Gasteiger partial charge in [-0.05, 0) is 42.9 Å². The van der Waals surface area contributed by atoms with Crippen molar-refractivity contribution in [2.24, 2.45) is 0 Å². The Morgan fingerprint density at radius 3 is 2.59 bits per heavy atom. The Morgan fingerprint density at radius 2 is 1.85 bits per heavy atom. The van der Waals surface area contributed by atoms with Gasteiger partial charge < -0.3 is 15.7 Å². The summed E-state index contributed by atoms with van der Waals surface area (Å²) in [4.78, 5) is 23.7. The average molecular weight is 584 g/mol. The van der Waals surface area contributed by atoms with E-state index in [2.05, 4.69) is 4.98 Å². The summed E-state index contributed by atoms with van der Waals surface area (Å²) in [6.07, 6.45) is -0.713. The molecular formula is C30H29ClF3N5O2. The number of carbonyl (C=O) groups excluding carboxylic acids is 1. The number of nitrogens with two attached hydrogens (primary N) is 1. The third kappa shape index (κ3) is 5.04. The van der Waals surface area contributed by atoms with Crippen molar-refractivity contribution in [3.05, 3.63) is 82.4 Å². The third-order valence-corrected chi connectivity index (χ3v) is 8.63. The van der Waals surface area contributed by atoms with Gasteiger partial charge in [0.15, 0.2) is 0 Å². The zero-order chi connectivity index (χ0) is 29.1. The number of hydrogen-bond donors (Lipinski definition) is 2. The monoisotopic (exact) mass is 583 g/mol. The summed E-state index contributed by atoms with van der Waals surface area (Å²) in [5.41, 5.74) is 7.57. The smallest absolute Gasteiger partial charge is 0.382 e. The normalized spacial score (nSPS) is 20.8. The second kappa shape index (κ2) is 10.0. The number of anilines is 1. The maximum Gasteiger partial charge on any atom is 0.393 e. The first-order valence-electron chi connectivity index (χ1n) is 13.5. The molecule has 2 aliphatic heterocycles. The van der Waals surface area contributed by atoms with Gasteiger partial charge in [-0.1, -0.05) is 60.1 Å². The van der Waals surface area contributed by atoms with E-state index in [1.54, 1.807) is 41.7 Å². The van der Waals surface area contributed by atoms with Gasteiger partial charge in [-0.2, -0.15) is 13.2 Å². The lowest BCUT2D eigenvalue weighted by atomic mass is 9.86. The van der Waals surface area contributed by atoms with Gasteiger partial charge in [-0.25, -0.2) is 9.97 Å². The number of piperidine rings is 1. The fourth-order valence-electron chi connectivity index (χ4n) is 6.22. The van der Waals surface area contributed by atoms with Gasteiger partial charge >= 0.3 is 6.18 Å². The maximum absolute atomic E-state index is 12.9. The van der Waals surface area contributed by atoms with Crippen LogP contribution in [-0.4, -0.2) is 49.0 Å². The molecular weight excluding hydrogens is 555 g/mol. The highest BCUT2D eigenvalue weighted by Gasteiger charge is 2.39. The standard InChI is InChI=1S/C30H29ClF3N5O2/c1-29(41,21-4-2-3-17(13-21)14-30(32,33)34)20-8-5-18(6-9-20)25-26-27(35)36-15-23(31)39(26)28(37-25)19-7-10-22-11-12-24(40)38(22)16-19/h2-6,8-9,13,15,19,22,41H,7,10-12,14,16H2,1H3,(H2,35,36)/t19-,22+,29?/m1/s1. The Hall–Kier alpha value is -3.63. The van der Waals surface area contributed by atoms with Crippen LogP contribution < -0.4 is 5.73 Å². The number of amides is 1. The zero-order valence-electron chi connectivity index (χ0n) is 22.3. The summed E-state index contributed by atoms with van der Waals surface area (Å²) >= 11 is 6.62. The van der Waals surface area contributed by atoms with Gasteiger partial charge in [-0.15, -0.1) is 0 Å². The molecule has 1 unspecified atom stereocenters. The third-order valence-electron chi connectivity index (χ3n) is 8.37. The molecule has 1 amide bonds. The molecule has 0 radical (unpaired) electrons. The highest BCUT2D eigenvalue weighted by atomic mass is 35.5. The predicted molar refractivity (Wildman–Crippen MR) is 149 cm³/mol. The van der Waals surface area contributed by atoms with Crippen molar-refractivity contribution in [3.8, 4) is 11.3 Å². The summed E-state index contributed by atoms with van der Waals surface area (Å²) in [5, 5.41) is 11.7. The SMILES string of the molecule is CC(O)(c1ccc(-c2nc([C@@H]3CC[C@H]4CCC(=O)N4C3)n3c(Cl)cnc(N)c23)cc1)c1cccc(CC(F)(F)F)c1. The number of rotatable bonds is 5. The Balaban J connectivity index is 1.36. The van der Waals surface area contributed by atoms with E-state index in [-0.39, 0.29) is 29.2 Å². The molecule has 6 rings (SSSR count). The van der Waals surface area contributed by atoms with Crippen molar-refractivity contribution in [1.82, 2.24) is 19.3 Å². The van der Waals surface area contributed by atoms with E-state index < -0.39 is 18.2 Å². The van der Waals surface area contributed by atoms with E-state index in [1.807, 2.05) is 4.90 Å². The number of imidazole rings is 1. The lowest BCUT2D eigenvalue weighted by molar-refractivity contribution is -0.130. The molecule has 0 saturated carbocycles. The van der Waals surface area contributed by atoms with Crippen molar-refractivity contribution < 1.29 is 23.1 Å². The highest BCUT2D eigenvalue weighted by Crippen LogP contribution is 2.40. The van der Waals surface area contributed by atoms with Gasteiger partial charge in [0.25, 0.3) is 0 Å². The van der Waals surface area contributed by atoms with Crippen molar-refractivity contribution >= 4 is 28.8 Å². The van der Waals surface area contributed by atoms with Crippen LogP contribution in [0.1, 0.15) is 61.0 Å². The molecule has 2 aromatic carbocycles. The van der Waals surface area contributed by atoms with Gasteiger partial charge in [0.2, 0.25) is 5.91 Å². The molecule has 0 bridgehead atoms. The molecule has 0 aliphatic carbocycles. The highest BCUT2D eigenvalue weighted by molar-refractivity contribution is 6.30. The molecule has 214 valence electrons. The molecule has 2 aromatic heterocycles. The van der Waals surface area contributed by atoms with Crippen LogP contribution in [-0.2, 0) is 16.8 Å². The van der Waals surface area contributed by atoms with Gasteiger partial charge in [0, 0.05) is 30.5 Å². The summed E-state index contributed by atoms with van der Waals surface area (Å²) in [6, 6.07) is 13.2. The van der Waals surface area contributed by atoms with E-state index in [1.165, 1.54) is 24.4 Å². The van der Waals surface area contributed by atoms with Crippen molar-refractivity contribution in [2.45, 2.75) is 62.8 Å². The Kier molecular flexibility index (Phi) is 6.73. The number of nitrogen functional groups attached to an aromatic ring is 1. The topological polar surface area (TPSA) is 96.8 Å². The Bertz CT molecular complexity index is 1630. The van der Waals surface area contributed by atoms with Crippen LogP contribution in [0.3, 0.4) is 0 Å². The van der Waals surface area contributed by atoms with Gasteiger partial charge in [0.1, 0.15) is 33.6 Å². The van der Waals surface area contributed by atoms with Crippen LogP contribution in [0.4, 0.5) is 19.0 Å². The van der Waals surface area contributed by atoms with Crippen LogP contribution in [0.2, 0.25) is 5.15 Å². The first-order chi connectivity index (χ1) is 19.4. The number of aliphatic hydroxyl groups is 1. The molecule has 3 N–H and O–H groups in total. The van der Waals surface area contributed by atoms with Gasteiger partial charge in [-0.3, -0.25) is 9.20 Å². The molecule has 4 heterocycles. The lowest BCUT2D eigenvalue weighted by Gasteiger charge is -2.34. The summed E-state index contributed by atoms with van der Waals surface area (Å²) in [6.45, 7) is 2.12. The molecule has 3 atom stereocenters. The number of benzene rings is 2. The number of halogens is 4. The Morgan fingerprint density at radius 1 is 1.10 bits per heavy atom. The van der Waals surface area contributed by atoms with E-state index in [9.17, 15) is 23.1 Å². The quantitative estimate of drug-likeness (QED) is 0.307. The second-order valence-electron chi connectivity index (χ2n) is 11.1. The zero-order valence-corrected chi connectivity index (χ0v) is 23.1. The molecule has 4 aromatic rings. The largest absolute Gasteiger partial charge is 0.393 e. The lowest BCUT2D eigenvalue weighted by Crippen LogP contribution is -2.41. The van der Waals surface area contributed by atoms with Crippen molar-refractivity contribution in [2.75, 3.05) is 12.3 Å². The molecule has 2 aliphatic rings. The van der Waals surface area contributed by atoms with Crippen LogP contribution >= 0.6 is 11.6 Å². The fraction of sp³-hybridized carbons (Fsp3) is 0.367. The molecule has 7 nitrogen and oxygen atoms in total. The van der Waals surface area contributed by atoms with E-state index in [0.717, 1.165) is 19.3 Å². The summed E-state index contributed by atoms with van der Waals surface area (Å²) < 4.78 is 40.7. The van der Waals surface area contributed by atoms with Crippen LogP contribution in [0.5, 0.6) is 0 Å². The van der Waals surface area contributed by atoms with Crippen LogP contribution in [0, 0.1) is 0 Å². The molecule has 2 fully saturated rings. The molecule has 11 heteroatoms. The van der Waals surface area contributed by atoms with Gasteiger partial charge in [0.05, 0.1) is 12.6 Å². The minimum absolute atomic E-state index is 0.0298. The fourth-order valence-corrected chi connectivity index (χ4v) is 6.44. The number of fused-ring (bicyclic) bond motifs is 2. The first-order valence-corrected chi connectivity index (χ1v) is 13.9. The predicted octanol–water partition coefficient (Wildman–Crippen LogP) is 5.86. The number of nitrogens with zero attached hydrogens (tertiary/aromatic N) is 4. The molecule has 41 heavy (non-hydrogen) atoms. The van der Waals surface area contributed by atoms with E-state index in [0.29, 0.717) is 51.8 Å². The minimum atomic E-state index is -4.35. The number of hydrogen-bond acceptors (Lipinski definition) is 5. The molecule has 2 saturated heterocycles. The number of alkyl halides is 3. The van der Waals surface area contributed by atoms with Crippen LogP contribution in [0.25, 0.3) is 16.8 Å². The average Bonchev–Trinajstić information content (AvgIpc) is 3.52. The summed E-state index contributed by atoms with van der Waals surface area (Å²) in [5.74, 6) is 1.11. The Labute approximate surface area is 239 Å². The minimum Gasteiger partial charge on any atom is -0.382 e. The van der Waals surface area contributed by atoms with E-state index in [4.69, 9.17) is 22.3 Å². The van der Waals surface area contributed by atoms with E-state index >= 15 is 0 Å². The second-order valence-corrected chi connectivity index (χ2v) is 11.5. The maximum atomic E-state index is 12.9. The van der Waals surface area contributed by atoms with Crippen molar-refractivity contribution in [3.63, 3.8) is 0 Å². The van der Waals surface area contributed by atoms with Crippen molar-refractivity contribution in [1.29, 1.82) is 0 Å².